The third-order valence-electron chi connectivity index (χ3n) is 5.02. The summed E-state index contributed by atoms with van der Waals surface area (Å²) in [6.07, 6.45) is 2.16. The highest BCUT2D eigenvalue weighted by atomic mass is 35.5. The predicted molar refractivity (Wildman–Crippen MR) is 126 cm³/mol. The Morgan fingerprint density at radius 3 is 2.69 bits per heavy atom. The zero-order valence-electron chi connectivity index (χ0n) is 17.8. The minimum Gasteiger partial charge on any atom is -0.494 e. The second-order valence-electron chi connectivity index (χ2n) is 7.30. The quantitative estimate of drug-likeness (QED) is 0.466. The second kappa shape index (κ2) is 10.8. The van der Waals surface area contributed by atoms with Crippen molar-refractivity contribution in [2.24, 2.45) is 0 Å². The Balaban J connectivity index is 1.54. The van der Waals surface area contributed by atoms with Crippen molar-refractivity contribution in [3.8, 4) is 22.8 Å². The van der Waals surface area contributed by atoms with Crippen molar-refractivity contribution in [2.75, 3.05) is 25.5 Å². The molecule has 1 unspecified atom stereocenters. The summed E-state index contributed by atoms with van der Waals surface area (Å²) in [7, 11) is 0. The zero-order chi connectivity index (χ0) is 22.3. The first-order valence-corrected chi connectivity index (χ1v) is 12.0. The van der Waals surface area contributed by atoms with Crippen LogP contribution in [0.1, 0.15) is 19.8 Å². The van der Waals surface area contributed by atoms with Crippen molar-refractivity contribution in [2.45, 2.75) is 31.0 Å². The van der Waals surface area contributed by atoms with E-state index in [-0.39, 0.29) is 17.8 Å². The Morgan fingerprint density at radius 2 is 2.00 bits per heavy atom. The fourth-order valence-corrected chi connectivity index (χ4v) is 4.36. The van der Waals surface area contributed by atoms with E-state index in [9.17, 15) is 4.79 Å². The number of carbonyl (C=O) groups is 1. The molecule has 1 aliphatic heterocycles. The highest BCUT2D eigenvalue weighted by Crippen LogP contribution is 2.29. The second-order valence-corrected chi connectivity index (χ2v) is 8.68. The van der Waals surface area contributed by atoms with Gasteiger partial charge in [-0.3, -0.25) is 9.36 Å². The van der Waals surface area contributed by atoms with Gasteiger partial charge in [0.1, 0.15) is 5.75 Å². The molecule has 0 saturated carbocycles. The highest BCUT2D eigenvalue weighted by molar-refractivity contribution is 7.99. The summed E-state index contributed by atoms with van der Waals surface area (Å²) in [6, 6.07) is 15.2. The normalized spacial score (nSPS) is 15.6. The highest BCUT2D eigenvalue weighted by Gasteiger charge is 2.19. The van der Waals surface area contributed by atoms with Gasteiger partial charge >= 0.3 is 0 Å². The van der Waals surface area contributed by atoms with Gasteiger partial charge in [-0.25, -0.2) is 0 Å². The minimum atomic E-state index is -0.0558. The van der Waals surface area contributed by atoms with Crippen LogP contribution in [0.3, 0.4) is 0 Å². The zero-order valence-corrected chi connectivity index (χ0v) is 19.4. The van der Waals surface area contributed by atoms with E-state index < -0.39 is 0 Å². The molecule has 9 heteroatoms. The summed E-state index contributed by atoms with van der Waals surface area (Å²) >= 11 is 7.40. The first-order valence-electron chi connectivity index (χ1n) is 10.6. The summed E-state index contributed by atoms with van der Waals surface area (Å²) in [5.74, 6) is 1.65. The molecule has 1 amide bonds. The number of amides is 1. The Kier molecular flexibility index (Phi) is 7.68. The van der Waals surface area contributed by atoms with Gasteiger partial charge in [0.15, 0.2) is 11.0 Å². The van der Waals surface area contributed by atoms with Crippen molar-refractivity contribution >= 4 is 29.3 Å². The maximum Gasteiger partial charge on any atom is 0.230 e. The topological polar surface area (TPSA) is 78.3 Å². The molecule has 0 bridgehead atoms. The van der Waals surface area contributed by atoms with Crippen LogP contribution in [-0.4, -0.2) is 52.3 Å². The lowest BCUT2D eigenvalue weighted by Crippen LogP contribution is -2.32. The van der Waals surface area contributed by atoms with Crippen LogP contribution in [-0.2, 0) is 9.53 Å². The fourth-order valence-electron chi connectivity index (χ4n) is 3.45. The number of aromatic nitrogens is 3. The van der Waals surface area contributed by atoms with Crippen LogP contribution in [0.4, 0.5) is 0 Å². The fraction of sp³-hybridized carbons (Fsp3) is 0.348. The van der Waals surface area contributed by atoms with Crippen LogP contribution in [0, 0.1) is 0 Å². The predicted octanol–water partition coefficient (Wildman–Crippen LogP) is 4.37. The van der Waals surface area contributed by atoms with Crippen molar-refractivity contribution in [1.29, 1.82) is 0 Å². The van der Waals surface area contributed by atoms with Crippen molar-refractivity contribution in [1.82, 2.24) is 20.1 Å². The van der Waals surface area contributed by atoms with Crippen molar-refractivity contribution in [3.63, 3.8) is 0 Å². The molecule has 1 atom stereocenters. The van der Waals surface area contributed by atoms with E-state index in [1.165, 1.54) is 11.8 Å². The van der Waals surface area contributed by atoms with Crippen LogP contribution in [0.5, 0.6) is 5.75 Å². The molecule has 3 aromatic rings. The summed E-state index contributed by atoms with van der Waals surface area (Å²) in [5.41, 5.74) is 1.76. The number of nitrogens with zero attached hydrogens (tertiary/aromatic N) is 3. The van der Waals surface area contributed by atoms with E-state index in [4.69, 9.17) is 21.1 Å². The monoisotopic (exact) mass is 472 g/mol. The minimum absolute atomic E-state index is 0.0558. The van der Waals surface area contributed by atoms with Gasteiger partial charge in [0.05, 0.1) is 18.5 Å². The summed E-state index contributed by atoms with van der Waals surface area (Å²) in [6.45, 7) is 3.87. The summed E-state index contributed by atoms with van der Waals surface area (Å²) in [4.78, 5) is 12.4. The first kappa shape index (κ1) is 22.6. The molecule has 1 aromatic heterocycles. The number of rotatable bonds is 9. The molecule has 32 heavy (non-hydrogen) atoms. The molecule has 0 radical (unpaired) electrons. The van der Waals surface area contributed by atoms with Crippen LogP contribution in [0.25, 0.3) is 17.1 Å². The molecule has 0 aliphatic carbocycles. The van der Waals surface area contributed by atoms with Gasteiger partial charge in [0, 0.05) is 29.4 Å². The molecule has 168 valence electrons. The van der Waals surface area contributed by atoms with Gasteiger partial charge in [-0.1, -0.05) is 23.4 Å². The van der Waals surface area contributed by atoms with Crippen LogP contribution < -0.4 is 10.1 Å². The average Bonchev–Trinajstić information content (AvgIpc) is 3.48. The van der Waals surface area contributed by atoms with E-state index in [2.05, 4.69) is 15.5 Å². The maximum absolute atomic E-state index is 12.4. The standard InChI is InChI=1S/C23H25ClN4O3S/c1-2-30-19-11-9-18(10-12-19)28-22(16-5-7-17(24)8-6-16)26-27-23(28)32-15-21(29)25-14-20-4-3-13-31-20/h5-12,20H,2-4,13-15H2,1H3,(H,25,29). The Bertz CT molecular complexity index is 1030. The molecule has 1 fully saturated rings. The first-order chi connectivity index (χ1) is 15.6. The van der Waals surface area contributed by atoms with E-state index >= 15 is 0 Å². The van der Waals surface area contributed by atoms with Crippen LogP contribution in [0.2, 0.25) is 5.02 Å². The number of thioether (sulfide) groups is 1. The van der Waals surface area contributed by atoms with Crippen LogP contribution in [0.15, 0.2) is 53.7 Å². The number of hydrogen-bond donors (Lipinski definition) is 1. The lowest BCUT2D eigenvalue weighted by Gasteiger charge is -2.12. The molecule has 0 spiro atoms. The van der Waals surface area contributed by atoms with Gasteiger partial charge in [-0.15, -0.1) is 10.2 Å². The molecule has 2 heterocycles. The smallest absolute Gasteiger partial charge is 0.230 e. The van der Waals surface area contributed by atoms with Gasteiger partial charge in [0.25, 0.3) is 0 Å². The number of ether oxygens (including phenoxy) is 2. The van der Waals surface area contributed by atoms with Crippen molar-refractivity contribution < 1.29 is 14.3 Å². The summed E-state index contributed by atoms with van der Waals surface area (Å²) in [5, 5.41) is 13.0. The molecule has 1 aliphatic rings. The molecule has 4 rings (SSSR count). The van der Waals surface area contributed by atoms with E-state index in [1.807, 2.05) is 60.0 Å². The third kappa shape index (κ3) is 5.62. The lowest BCUT2D eigenvalue weighted by molar-refractivity contribution is -0.119. The van der Waals surface area contributed by atoms with Gasteiger partial charge in [-0.05, 0) is 68.3 Å². The molecule has 7 nitrogen and oxygen atoms in total. The van der Waals surface area contributed by atoms with E-state index in [0.717, 1.165) is 36.4 Å². The third-order valence-corrected chi connectivity index (χ3v) is 6.21. The molecular formula is C23H25ClN4O3S. The Hall–Kier alpha value is -2.55. The molecule has 1 saturated heterocycles. The van der Waals surface area contributed by atoms with Gasteiger partial charge < -0.3 is 14.8 Å². The largest absolute Gasteiger partial charge is 0.494 e. The number of nitrogens with one attached hydrogen (secondary N) is 1. The Morgan fingerprint density at radius 1 is 1.22 bits per heavy atom. The maximum atomic E-state index is 12.4. The average molecular weight is 473 g/mol. The van der Waals surface area contributed by atoms with E-state index in [0.29, 0.717) is 29.2 Å². The van der Waals surface area contributed by atoms with Gasteiger partial charge in [0.2, 0.25) is 5.91 Å². The van der Waals surface area contributed by atoms with E-state index in [1.54, 1.807) is 0 Å². The summed E-state index contributed by atoms with van der Waals surface area (Å²) < 4.78 is 13.1. The number of halogens is 1. The Labute approximate surface area is 196 Å². The number of benzene rings is 2. The van der Waals surface area contributed by atoms with Crippen LogP contribution >= 0.6 is 23.4 Å². The van der Waals surface area contributed by atoms with Gasteiger partial charge in [-0.2, -0.15) is 0 Å². The SMILES string of the molecule is CCOc1ccc(-n2c(SCC(=O)NCC3CCCO3)nnc2-c2ccc(Cl)cc2)cc1. The molecular weight excluding hydrogens is 448 g/mol. The molecule has 1 N–H and O–H groups in total. The van der Waals surface area contributed by atoms with Crippen molar-refractivity contribution in [3.05, 3.63) is 53.6 Å². The number of hydrogen-bond acceptors (Lipinski definition) is 6. The molecule has 2 aromatic carbocycles. The lowest BCUT2D eigenvalue weighted by atomic mass is 10.2. The number of carbonyl (C=O) groups excluding carboxylic acids is 1.